The molecule has 14 heavy (non-hydrogen) atoms. The van der Waals surface area contributed by atoms with Crippen LogP contribution in [0.4, 0.5) is 0 Å². The van der Waals surface area contributed by atoms with E-state index < -0.39 is 0 Å². The number of nitrogens with two attached hydrogens (primary N) is 1. The molecule has 2 aliphatic rings. The lowest BCUT2D eigenvalue weighted by Gasteiger charge is -2.56. The summed E-state index contributed by atoms with van der Waals surface area (Å²) in [4.78, 5) is 2.66. The van der Waals surface area contributed by atoms with Gasteiger partial charge in [0.15, 0.2) is 0 Å². The fourth-order valence-electron chi connectivity index (χ4n) is 2.78. The zero-order valence-corrected chi connectivity index (χ0v) is 10.1. The number of likely N-dealkylation sites (tertiary alicyclic amines) is 1. The molecule has 2 nitrogen and oxygen atoms in total. The van der Waals surface area contributed by atoms with E-state index in [4.69, 9.17) is 5.73 Å². The summed E-state index contributed by atoms with van der Waals surface area (Å²) in [6.45, 7) is 7.25. The monoisotopic (exact) mass is 218 g/mol. The number of piperidine rings is 1. The summed E-state index contributed by atoms with van der Waals surface area (Å²) in [7, 11) is 0. The van der Waals surface area contributed by atoms with E-state index >= 15 is 0 Å². The fourth-order valence-corrected chi connectivity index (χ4v) is 2.78. The zero-order chi connectivity index (χ0) is 9.47. The van der Waals surface area contributed by atoms with E-state index in [-0.39, 0.29) is 12.4 Å². The molecule has 2 rings (SSSR count). The van der Waals surface area contributed by atoms with Gasteiger partial charge >= 0.3 is 0 Å². The SMILES string of the molecule is CC1(C)C(N)CC1N1CCCCC1.Cl. The average Bonchev–Trinajstić information content (AvgIpc) is 2.15. The molecule has 2 fully saturated rings. The van der Waals surface area contributed by atoms with Crippen molar-refractivity contribution in [2.45, 2.75) is 51.6 Å². The van der Waals surface area contributed by atoms with Crippen LogP contribution in [-0.2, 0) is 0 Å². The molecule has 2 unspecified atom stereocenters. The van der Waals surface area contributed by atoms with E-state index in [1.165, 1.54) is 38.8 Å². The molecule has 1 saturated carbocycles. The minimum atomic E-state index is 0. The van der Waals surface area contributed by atoms with E-state index in [0.29, 0.717) is 11.5 Å². The van der Waals surface area contributed by atoms with E-state index in [1.54, 1.807) is 0 Å². The van der Waals surface area contributed by atoms with Gasteiger partial charge in [-0.25, -0.2) is 0 Å². The van der Waals surface area contributed by atoms with Gasteiger partial charge in [0.05, 0.1) is 0 Å². The summed E-state index contributed by atoms with van der Waals surface area (Å²) in [6, 6.07) is 1.20. The van der Waals surface area contributed by atoms with Crippen LogP contribution in [0.5, 0.6) is 0 Å². The topological polar surface area (TPSA) is 29.3 Å². The van der Waals surface area contributed by atoms with Crippen LogP contribution in [0.15, 0.2) is 0 Å². The van der Waals surface area contributed by atoms with Crippen molar-refractivity contribution in [3.8, 4) is 0 Å². The Morgan fingerprint density at radius 1 is 1.14 bits per heavy atom. The largest absolute Gasteiger partial charge is 0.327 e. The molecule has 3 heteroatoms. The van der Waals surface area contributed by atoms with Crippen molar-refractivity contribution in [3.63, 3.8) is 0 Å². The van der Waals surface area contributed by atoms with Gasteiger partial charge in [0.2, 0.25) is 0 Å². The van der Waals surface area contributed by atoms with Crippen LogP contribution in [0, 0.1) is 5.41 Å². The van der Waals surface area contributed by atoms with Gasteiger partial charge in [-0.1, -0.05) is 20.3 Å². The highest BCUT2D eigenvalue weighted by Gasteiger charge is 2.48. The summed E-state index contributed by atoms with van der Waals surface area (Å²) in [5, 5.41) is 0. The van der Waals surface area contributed by atoms with Crippen molar-refractivity contribution < 1.29 is 0 Å². The molecule has 0 aromatic carbocycles. The lowest BCUT2D eigenvalue weighted by molar-refractivity contribution is -0.0301. The summed E-state index contributed by atoms with van der Waals surface area (Å²) in [5.41, 5.74) is 6.39. The van der Waals surface area contributed by atoms with Crippen molar-refractivity contribution in [2.24, 2.45) is 11.1 Å². The minimum absolute atomic E-state index is 0. The molecule has 0 radical (unpaired) electrons. The summed E-state index contributed by atoms with van der Waals surface area (Å²) in [6.07, 6.45) is 5.42. The molecule has 1 saturated heterocycles. The third-order valence-corrected chi connectivity index (χ3v) is 4.12. The first-order chi connectivity index (χ1) is 6.12. The molecule has 1 heterocycles. The van der Waals surface area contributed by atoms with Gasteiger partial charge in [0.25, 0.3) is 0 Å². The lowest BCUT2D eigenvalue weighted by atomic mass is 9.62. The van der Waals surface area contributed by atoms with E-state index in [9.17, 15) is 0 Å². The molecule has 2 N–H and O–H groups in total. The molecule has 0 bridgehead atoms. The van der Waals surface area contributed by atoms with Gasteiger partial charge in [0, 0.05) is 12.1 Å². The molecular formula is C11H23ClN2. The van der Waals surface area contributed by atoms with Gasteiger partial charge < -0.3 is 5.73 Å². The van der Waals surface area contributed by atoms with Crippen LogP contribution >= 0.6 is 12.4 Å². The van der Waals surface area contributed by atoms with Crippen LogP contribution in [0.25, 0.3) is 0 Å². The van der Waals surface area contributed by atoms with Crippen LogP contribution < -0.4 is 5.73 Å². The first-order valence-corrected chi connectivity index (χ1v) is 5.62. The number of hydrogen-bond acceptors (Lipinski definition) is 2. The molecule has 2 atom stereocenters. The standard InChI is InChI=1S/C11H22N2.ClH/c1-11(2)9(12)8-10(11)13-6-4-3-5-7-13;/h9-10H,3-8,12H2,1-2H3;1H. The van der Waals surface area contributed by atoms with E-state index in [2.05, 4.69) is 18.7 Å². The highest BCUT2D eigenvalue weighted by molar-refractivity contribution is 5.85. The maximum absolute atomic E-state index is 6.03. The highest BCUT2D eigenvalue weighted by Crippen LogP contribution is 2.43. The van der Waals surface area contributed by atoms with Crippen molar-refractivity contribution in [1.29, 1.82) is 0 Å². The Kier molecular flexibility index (Phi) is 3.84. The molecule has 0 amide bonds. The molecular weight excluding hydrogens is 196 g/mol. The van der Waals surface area contributed by atoms with Gasteiger partial charge in [0.1, 0.15) is 0 Å². The third-order valence-electron chi connectivity index (χ3n) is 4.12. The second-order valence-corrected chi connectivity index (χ2v) is 5.28. The van der Waals surface area contributed by atoms with Crippen LogP contribution in [0.1, 0.15) is 39.5 Å². The molecule has 1 aliphatic heterocycles. The van der Waals surface area contributed by atoms with Crippen molar-refractivity contribution >= 4 is 12.4 Å². The molecule has 0 spiro atoms. The smallest absolute Gasteiger partial charge is 0.0176 e. The van der Waals surface area contributed by atoms with Gasteiger partial charge in [-0.2, -0.15) is 0 Å². The molecule has 1 aliphatic carbocycles. The third kappa shape index (κ3) is 1.93. The summed E-state index contributed by atoms with van der Waals surface area (Å²) >= 11 is 0. The minimum Gasteiger partial charge on any atom is -0.327 e. The first-order valence-electron chi connectivity index (χ1n) is 5.62. The van der Waals surface area contributed by atoms with Crippen molar-refractivity contribution in [1.82, 2.24) is 4.90 Å². The van der Waals surface area contributed by atoms with Crippen LogP contribution in [0.3, 0.4) is 0 Å². The van der Waals surface area contributed by atoms with E-state index in [1.807, 2.05) is 0 Å². The Morgan fingerprint density at radius 3 is 2.14 bits per heavy atom. The Bertz CT molecular complexity index is 188. The van der Waals surface area contributed by atoms with Gasteiger partial charge in [-0.3, -0.25) is 4.90 Å². The molecule has 0 aromatic heterocycles. The van der Waals surface area contributed by atoms with Crippen LogP contribution in [-0.4, -0.2) is 30.1 Å². The number of rotatable bonds is 1. The predicted octanol–water partition coefficient (Wildman–Crippen LogP) is 2.02. The lowest BCUT2D eigenvalue weighted by Crippen LogP contribution is -2.65. The summed E-state index contributed by atoms with van der Waals surface area (Å²) < 4.78 is 0. The number of halogens is 1. The Hall–Kier alpha value is 0.210. The molecule has 0 aromatic rings. The average molecular weight is 219 g/mol. The Balaban J connectivity index is 0.000000980. The fraction of sp³-hybridized carbons (Fsp3) is 1.00. The van der Waals surface area contributed by atoms with E-state index in [0.717, 1.165) is 6.04 Å². The highest BCUT2D eigenvalue weighted by atomic mass is 35.5. The van der Waals surface area contributed by atoms with Crippen molar-refractivity contribution in [2.75, 3.05) is 13.1 Å². The number of hydrogen-bond donors (Lipinski definition) is 1. The van der Waals surface area contributed by atoms with Gasteiger partial charge in [-0.05, 0) is 37.8 Å². The van der Waals surface area contributed by atoms with Gasteiger partial charge in [-0.15, -0.1) is 12.4 Å². The quantitative estimate of drug-likeness (QED) is 0.730. The zero-order valence-electron chi connectivity index (χ0n) is 9.33. The maximum atomic E-state index is 6.03. The van der Waals surface area contributed by atoms with Crippen LogP contribution in [0.2, 0.25) is 0 Å². The molecule has 84 valence electrons. The first kappa shape index (κ1) is 12.3. The predicted molar refractivity (Wildman–Crippen MR) is 62.8 cm³/mol. The second kappa shape index (κ2) is 4.38. The number of nitrogens with zero attached hydrogens (tertiary/aromatic N) is 1. The normalized spacial score (nSPS) is 37.1. The Labute approximate surface area is 93.6 Å². The Morgan fingerprint density at radius 2 is 1.71 bits per heavy atom. The summed E-state index contributed by atoms with van der Waals surface area (Å²) in [5.74, 6) is 0. The second-order valence-electron chi connectivity index (χ2n) is 5.28. The maximum Gasteiger partial charge on any atom is 0.0176 e. The van der Waals surface area contributed by atoms with Crippen molar-refractivity contribution in [3.05, 3.63) is 0 Å².